The van der Waals surface area contributed by atoms with Crippen LogP contribution in [0, 0.1) is 11.3 Å². The van der Waals surface area contributed by atoms with Crippen molar-refractivity contribution in [3.63, 3.8) is 0 Å². The number of hydrogen-bond donors (Lipinski definition) is 0. The first-order valence-corrected chi connectivity index (χ1v) is 12.3. The molecule has 0 saturated carbocycles. The third-order valence-corrected chi connectivity index (χ3v) is 6.72. The van der Waals surface area contributed by atoms with Gasteiger partial charge in [-0.25, -0.2) is 4.98 Å². The highest BCUT2D eigenvalue weighted by atomic mass is 16.6. The van der Waals surface area contributed by atoms with E-state index in [1.165, 1.54) is 0 Å². The lowest BCUT2D eigenvalue weighted by atomic mass is 10.1. The van der Waals surface area contributed by atoms with Crippen LogP contribution in [-0.2, 0) is 0 Å². The summed E-state index contributed by atoms with van der Waals surface area (Å²) in [6.45, 7) is 7.14. The Bertz CT molecular complexity index is 1250. The number of piperazine rings is 1. The Balaban J connectivity index is 1.30. The van der Waals surface area contributed by atoms with E-state index in [0.717, 1.165) is 43.4 Å². The number of aromatic nitrogens is 1. The maximum Gasteiger partial charge on any atom is 0.260 e. The molecule has 3 heterocycles. The number of nitriles is 1. The fourth-order valence-corrected chi connectivity index (χ4v) is 4.80. The van der Waals surface area contributed by atoms with Gasteiger partial charge in [-0.15, -0.1) is 0 Å². The van der Waals surface area contributed by atoms with Gasteiger partial charge in [0.05, 0.1) is 22.9 Å². The third kappa shape index (κ3) is 4.83. The van der Waals surface area contributed by atoms with Crippen LogP contribution in [0.1, 0.15) is 22.8 Å². The summed E-state index contributed by atoms with van der Waals surface area (Å²) in [4.78, 5) is 24.5. The number of fused-ring (bicyclic) bond motifs is 1. The van der Waals surface area contributed by atoms with Gasteiger partial charge >= 0.3 is 0 Å². The Morgan fingerprint density at radius 3 is 2.58 bits per heavy atom. The molecule has 0 aliphatic carbocycles. The van der Waals surface area contributed by atoms with Crippen molar-refractivity contribution in [1.29, 1.82) is 5.26 Å². The van der Waals surface area contributed by atoms with Crippen molar-refractivity contribution in [1.82, 2.24) is 9.88 Å². The molecule has 1 aromatic heterocycles. The Kier molecular flexibility index (Phi) is 7.01. The maximum absolute atomic E-state index is 13.6. The largest absolute Gasteiger partial charge is 0.486 e. The molecule has 8 nitrogen and oxygen atoms in total. The molecule has 0 unspecified atom stereocenters. The van der Waals surface area contributed by atoms with Gasteiger partial charge in [-0.1, -0.05) is 24.3 Å². The van der Waals surface area contributed by atoms with Crippen molar-refractivity contribution in [2.75, 3.05) is 55.7 Å². The van der Waals surface area contributed by atoms with E-state index in [9.17, 15) is 10.1 Å². The van der Waals surface area contributed by atoms with Crippen LogP contribution in [0.2, 0.25) is 0 Å². The topological polar surface area (TPSA) is 81.9 Å². The molecule has 3 aromatic rings. The third-order valence-electron chi connectivity index (χ3n) is 6.72. The predicted octanol–water partition coefficient (Wildman–Crippen LogP) is 3.58. The predicted molar refractivity (Wildman–Crippen MR) is 138 cm³/mol. The smallest absolute Gasteiger partial charge is 0.260 e. The molecule has 5 rings (SSSR count). The molecule has 2 aromatic carbocycles. The number of ether oxygens (including phenoxy) is 2. The van der Waals surface area contributed by atoms with Crippen LogP contribution in [-0.4, -0.2) is 67.8 Å². The molecule has 2 aliphatic rings. The summed E-state index contributed by atoms with van der Waals surface area (Å²) >= 11 is 0. The van der Waals surface area contributed by atoms with Gasteiger partial charge in [0.1, 0.15) is 19.0 Å². The van der Waals surface area contributed by atoms with Crippen LogP contribution in [0.15, 0.2) is 66.9 Å². The zero-order valence-corrected chi connectivity index (χ0v) is 20.3. The van der Waals surface area contributed by atoms with Crippen LogP contribution in [0.5, 0.6) is 11.5 Å². The lowest BCUT2D eigenvalue weighted by molar-refractivity contribution is 0.0973. The van der Waals surface area contributed by atoms with Crippen molar-refractivity contribution in [2.45, 2.75) is 13.0 Å². The van der Waals surface area contributed by atoms with E-state index in [2.05, 4.69) is 33.8 Å². The van der Waals surface area contributed by atoms with E-state index >= 15 is 0 Å². The van der Waals surface area contributed by atoms with Crippen molar-refractivity contribution >= 4 is 17.4 Å². The second-order valence-electron chi connectivity index (χ2n) is 8.93. The molecule has 2 aliphatic heterocycles. The minimum atomic E-state index is -0.218. The monoisotopic (exact) mass is 483 g/mol. The molecule has 1 amide bonds. The van der Waals surface area contributed by atoms with E-state index in [4.69, 9.17) is 9.47 Å². The van der Waals surface area contributed by atoms with Crippen LogP contribution in [0.25, 0.3) is 0 Å². The normalized spacial score (nSPS) is 16.2. The van der Waals surface area contributed by atoms with Crippen LogP contribution in [0.4, 0.5) is 11.5 Å². The summed E-state index contributed by atoms with van der Waals surface area (Å²) in [5, 5.41) is 9.53. The fourth-order valence-electron chi connectivity index (χ4n) is 4.80. The summed E-state index contributed by atoms with van der Waals surface area (Å²) in [7, 11) is 0. The number of nitrogens with zero attached hydrogens (tertiary/aromatic N) is 5. The average molecular weight is 484 g/mol. The molecule has 0 radical (unpaired) electrons. The molecule has 0 spiro atoms. The Hall–Kier alpha value is -4.09. The van der Waals surface area contributed by atoms with Gasteiger partial charge < -0.3 is 14.4 Å². The first kappa shape index (κ1) is 23.6. The number of carbonyl (C=O) groups is 1. The van der Waals surface area contributed by atoms with E-state index < -0.39 is 0 Å². The lowest BCUT2D eigenvalue weighted by Gasteiger charge is -2.41. The Morgan fingerprint density at radius 1 is 1.03 bits per heavy atom. The fraction of sp³-hybridized carbons (Fsp3) is 0.321. The highest BCUT2D eigenvalue weighted by Crippen LogP contribution is 2.39. The zero-order chi connectivity index (χ0) is 24.9. The number of anilines is 2. The number of pyridine rings is 1. The van der Waals surface area contributed by atoms with Gasteiger partial charge in [0.25, 0.3) is 5.91 Å². The van der Waals surface area contributed by atoms with Crippen LogP contribution < -0.4 is 19.3 Å². The van der Waals surface area contributed by atoms with E-state index in [1.807, 2.05) is 30.3 Å². The SMILES string of the molecule is C[C@H](CN(C(=O)c1ccccc1C#N)c1ccccn1)N1CCN(c2cccc3c2OCCO3)CC1. The highest BCUT2D eigenvalue weighted by molar-refractivity contribution is 6.07. The van der Waals surface area contributed by atoms with Crippen molar-refractivity contribution in [3.8, 4) is 17.6 Å². The summed E-state index contributed by atoms with van der Waals surface area (Å²) in [5.74, 6) is 1.99. The van der Waals surface area contributed by atoms with E-state index in [1.54, 1.807) is 35.4 Å². The van der Waals surface area contributed by atoms with Crippen molar-refractivity contribution in [2.24, 2.45) is 0 Å². The number of benzene rings is 2. The summed E-state index contributed by atoms with van der Waals surface area (Å²) < 4.78 is 11.7. The van der Waals surface area contributed by atoms with Gasteiger partial charge in [-0.2, -0.15) is 5.26 Å². The second-order valence-corrected chi connectivity index (χ2v) is 8.93. The summed E-state index contributed by atoms with van der Waals surface area (Å²) in [6, 6.07) is 20.7. The van der Waals surface area contributed by atoms with Gasteiger partial charge in [0, 0.05) is 45.0 Å². The van der Waals surface area contributed by atoms with Crippen LogP contribution >= 0.6 is 0 Å². The van der Waals surface area contributed by atoms with Gasteiger partial charge in [-0.05, 0) is 43.3 Å². The molecule has 0 N–H and O–H groups in total. The van der Waals surface area contributed by atoms with Crippen LogP contribution in [0.3, 0.4) is 0 Å². The minimum absolute atomic E-state index is 0.0941. The average Bonchev–Trinajstić information content (AvgIpc) is 2.95. The first-order valence-electron chi connectivity index (χ1n) is 12.3. The molecule has 1 fully saturated rings. The van der Waals surface area contributed by atoms with Crippen molar-refractivity contribution in [3.05, 3.63) is 78.0 Å². The molecule has 0 bridgehead atoms. The standard InChI is InChI=1S/C28H29N5O3/c1-21(31-13-15-32(16-14-31)24-9-6-10-25-27(24)36-18-17-35-25)20-33(26-11-4-5-12-30-26)28(34)23-8-3-2-7-22(23)19-29/h2-12,21H,13-18,20H2,1H3/t21-/m1/s1. The van der Waals surface area contributed by atoms with E-state index in [0.29, 0.717) is 36.7 Å². The lowest BCUT2D eigenvalue weighted by Crippen LogP contribution is -2.53. The van der Waals surface area contributed by atoms with Gasteiger partial charge in [-0.3, -0.25) is 14.6 Å². The maximum atomic E-state index is 13.6. The first-order chi connectivity index (χ1) is 17.7. The molecule has 184 valence electrons. The molecule has 1 saturated heterocycles. The summed E-state index contributed by atoms with van der Waals surface area (Å²) in [6.07, 6.45) is 1.68. The molecule has 1 atom stereocenters. The molecule has 8 heteroatoms. The Morgan fingerprint density at radius 2 is 1.81 bits per heavy atom. The number of hydrogen-bond acceptors (Lipinski definition) is 7. The molecule has 36 heavy (non-hydrogen) atoms. The quantitative estimate of drug-likeness (QED) is 0.530. The number of carbonyl (C=O) groups excluding carboxylic acids is 1. The number of amides is 1. The van der Waals surface area contributed by atoms with Gasteiger partial charge in [0.15, 0.2) is 11.5 Å². The highest BCUT2D eigenvalue weighted by Gasteiger charge is 2.29. The number of rotatable bonds is 6. The Labute approximate surface area is 211 Å². The van der Waals surface area contributed by atoms with E-state index in [-0.39, 0.29) is 11.9 Å². The number of para-hydroxylation sites is 1. The molecular weight excluding hydrogens is 454 g/mol. The minimum Gasteiger partial charge on any atom is -0.486 e. The van der Waals surface area contributed by atoms with Gasteiger partial charge in [0.2, 0.25) is 0 Å². The molecular formula is C28H29N5O3. The second kappa shape index (κ2) is 10.7. The summed E-state index contributed by atoms with van der Waals surface area (Å²) in [5.41, 5.74) is 1.82. The zero-order valence-electron chi connectivity index (χ0n) is 20.3. The van der Waals surface area contributed by atoms with Crippen molar-refractivity contribution < 1.29 is 14.3 Å².